The number of alkyl halides is 4. The van der Waals surface area contributed by atoms with Crippen molar-refractivity contribution in [2.24, 2.45) is 0 Å². The molecule has 0 aliphatic heterocycles. The predicted molar refractivity (Wildman–Crippen MR) is 49.8 cm³/mol. The fourth-order valence-corrected chi connectivity index (χ4v) is 1.60. The summed E-state index contributed by atoms with van der Waals surface area (Å²) < 4.78 is 38.6. The fraction of sp³-hybridized carbons (Fsp3) is 0.222. The van der Waals surface area contributed by atoms with Crippen molar-refractivity contribution in [1.82, 2.24) is 9.38 Å². The summed E-state index contributed by atoms with van der Waals surface area (Å²) in [6.45, 7) is 0. The molecule has 2 aromatic heterocycles. The van der Waals surface area contributed by atoms with Gasteiger partial charge in [-0.3, -0.25) is 4.40 Å². The van der Waals surface area contributed by atoms with E-state index in [1.807, 2.05) is 0 Å². The van der Waals surface area contributed by atoms with Crippen LogP contribution < -0.4 is 0 Å². The maximum absolute atomic E-state index is 12.5. The highest BCUT2D eigenvalue weighted by molar-refractivity contribution is 6.17. The number of hydrogen-bond donors (Lipinski definition) is 0. The second-order valence-electron chi connectivity index (χ2n) is 2.97. The second-order valence-corrected chi connectivity index (χ2v) is 3.24. The van der Waals surface area contributed by atoms with E-state index in [4.69, 9.17) is 11.6 Å². The lowest BCUT2D eigenvalue weighted by Gasteiger charge is -2.03. The zero-order chi connectivity index (χ0) is 11.1. The zero-order valence-electron chi connectivity index (χ0n) is 7.42. The van der Waals surface area contributed by atoms with Crippen molar-refractivity contribution in [2.45, 2.75) is 12.1 Å². The number of imidazole rings is 1. The highest BCUT2D eigenvalue weighted by Gasteiger charge is 2.36. The summed E-state index contributed by atoms with van der Waals surface area (Å²) in [5.41, 5.74) is 0.629. The molecular formula is C9H6ClF3N2. The summed E-state index contributed by atoms with van der Waals surface area (Å²) >= 11 is 5.53. The second kappa shape index (κ2) is 3.41. The van der Waals surface area contributed by atoms with E-state index in [1.165, 1.54) is 12.3 Å². The zero-order valence-corrected chi connectivity index (χ0v) is 8.18. The topological polar surface area (TPSA) is 17.3 Å². The van der Waals surface area contributed by atoms with Crippen LogP contribution in [-0.4, -0.2) is 9.38 Å². The number of nitrogens with zero attached hydrogens (tertiary/aromatic N) is 2. The summed E-state index contributed by atoms with van der Waals surface area (Å²) in [5, 5.41) is 0. The van der Waals surface area contributed by atoms with Crippen LogP contribution in [0.15, 0.2) is 24.4 Å². The maximum atomic E-state index is 12.5. The Morgan fingerprint density at radius 1 is 1.33 bits per heavy atom. The molecule has 6 heteroatoms. The Morgan fingerprint density at radius 3 is 2.67 bits per heavy atom. The number of halogens is 4. The van der Waals surface area contributed by atoms with Crippen molar-refractivity contribution in [3.8, 4) is 0 Å². The lowest BCUT2D eigenvalue weighted by atomic mass is 10.3. The molecular weight excluding hydrogens is 229 g/mol. The van der Waals surface area contributed by atoms with Gasteiger partial charge in [-0.25, -0.2) is 4.98 Å². The van der Waals surface area contributed by atoms with E-state index in [0.717, 1.165) is 4.40 Å². The molecule has 0 fully saturated rings. The molecule has 0 aliphatic rings. The predicted octanol–water partition coefficient (Wildman–Crippen LogP) is 3.09. The third-order valence-corrected chi connectivity index (χ3v) is 2.26. The molecule has 2 rings (SSSR count). The van der Waals surface area contributed by atoms with E-state index < -0.39 is 12.0 Å². The molecule has 2 aromatic rings. The quantitative estimate of drug-likeness (QED) is 0.693. The van der Waals surface area contributed by atoms with Gasteiger partial charge >= 0.3 is 6.18 Å². The molecule has 0 N–H and O–H groups in total. The van der Waals surface area contributed by atoms with Gasteiger partial charge in [-0.2, -0.15) is 13.2 Å². The average molecular weight is 235 g/mol. The van der Waals surface area contributed by atoms with E-state index in [9.17, 15) is 13.2 Å². The molecule has 2 nitrogen and oxygen atoms in total. The molecule has 0 atom stereocenters. The van der Waals surface area contributed by atoms with Crippen LogP contribution in [0.2, 0.25) is 0 Å². The van der Waals surface area contributed by atoms with Gasteiger partial charge in [-0.1, -0.05) is 6.07 Å². The van der Waals surface area contributed by atoms with Crippen LogP contribution >= 0.6 is 11.6 Å². The van der Waals surface area contributed by atoms with Gasteiger partial charge in [0.05, 0.1) is 17.1 Å². The Morgan fingerprint density at radius 2 is 2.07 bits per heavy atom. The molecule has 0 unspecified atom stereocenters. The summed E-state index contributed by atoms with van der Waals surface area (Å²) in [5.74, 6) is -0.974. The van der Waals surface area contributed by atoms with Gasteiger partial charge in [0, 0.05) is 6.20 Å². The van der Waals surface area contributed by atoms with Gasteiger partial charge in [0.25, 0.3) is 0 Å². The van der Waals surface area contributed by atoms with Gasteiger partial charge < -0.3 is 0 Å². The first-order valence-electron chi connectivity index (χ1n) is 4.13. The molecule has 0 amide bonds. The van der Waals surface area contributed by atoms with E-state index in [-0.39, 0.29) is 11.6 Å². The monoisotopic (exact) mass is 234 g/mol. The lowest BCUT2D eigenvalue weighted by Crippen LogP contribution is -2.10. The SMILES string of the molecule is FC(F)(F)c1nc(CCl)c2ccccn12. The number of aromatic nitrogens is 2. The molecule has 0 aliphatic carbocycles. The first kappa shape index (κ1) is 10.3. The van der Waals surface area contributed by atoms with Crippen LogP contribution in [0.5, 0.6) is 0 Å². The molecule has 0 saturated heterocycles. The minimum atomic E-state index is -4.46. The Kier molecular flexibility index (Phi) is 2.34. The molecule has 0 radical (unpaired) electrons. The van der Waals surface area contributed by atoms with Gasteiger partial charge in [-0.05, 0) is 12.1 Å². The number of rotatable bonds is 1. The van der Waals surface area contributed by atoms with Crippen molar-refractivity contribution in [3.63, 3.8) is 0 Å². The minimum absolute atomic E-state index is 0.0381. The van der Waals surface area contributed by atoms with Crippen molar-refractivity contribution in [3.05, 3.63) is 35.9 Å². The molecule has 0 aromatic carbocycles. The maximum Gasteiger partial charge on any atom is 0.450 e. The first-order chi connectivity index (χ1) is 7.04. The molecule has 15 heavy (non-hydrogen) atoms. The van der Waals surface area contributed by atoms with E-state index in [1.54, 1.807) is 12.1 Å². The molecule has 0 spiro atoms. The smallest absolute Gasteiger partial charge is 0.296 e. The van der Waals surface area contributed by atoms with Crippen LogP contribution in [-0.2, 0) is 12.1 Å². The Bertz CT molecular complexity index is 490. The molecule has 80 valence electrons. The van der Waals surface area contributed by atoms with Gasteiger partial charge in [0.1, 0.15) is 0 Å². The standard InChI is InChI=1S/C9H6ClF3N2/c10-5-6-7-3-1-2-4-15(7)8(14-6)9(11,12)13/h1-4H,5H2. The van der Waals surface area contributed by atoms with Crippen molar-refractivity contribution >= 4 is 17.1 Å². The van der Waals surface area contributed by atoms with E-state index >= 15 is 0 Å². The van der Waals surface area contributed by atoms with Crippen LogP contribution in [0.25, 0.3) is 5.52 Å². The largest absolute Gasteiger partial charge is 0.450 e. The first-order valence-corrected chi connectivity index (χ1v) is 4.66. The van der Waals surface area contributed by atoms with E-state index in [0.29, 0.717) is 5.52 Å². The number of pyridine rings is 1. The molecule has 2 heterocycles. The Labute approximate surface area is 88.3 Å². The van der Waals surface area contributed by atoms with Crippen LogP contribution in [0.3, 0.4) is 0 Å². The van der Waals surface area contributed by atoms with Gasteiger partial charge in [-0.15, -0.1) is 11.6 Å². The average Bonchev–Trinajstić information content (AvgIpc) is 2.55. The van der Waals surface area contributed by atoms with Crippen molar-refractivity contribution in [1.29, 1.82) is 0 Å². The minimum Gasteiger partial charge on any atom is -0.296 e. The van der Waals surface area contributed by atoms with Gasteiger partial charge in [0.15, 0.2) is 0 Å². The number of hydrogen-bond acceptors (Lipinski definition) is 1. The fourth-order valence-electron chi connectivity index (χ4n) is 1.40. The normalized spacial score (nSPS) is 12.3. The Hall–Kier alpha value is -1.23. The molecule has 0 saturated carbocycles. The van der Waals surface area contributed by atoms with Crippen LogP contribution in [0.4, 0.5) is 13.2 Å². The lowest BCUT2D eigenvalue weighted by molar-refractivity contribution is -0.145. The molecule has 0 bridgehead atoms. The van der Waals surface area contributed by atoms with Crippen molar-refractivity contribution in [2.75, 3.05) is 0 Å². The third-order valence-electron chi connectivity index (χ3n) is 2.00. The van der Waals surface area contributed by atoms with Crippen molar-refractivity contribution < 1.29 is 13.2 Å². The van der Waals surface area contributed by atoms with Gasteiger partial charge in [0.2, 0.25) is 5.82 Å². The third kappa shape index (κ3) is 1.67. The van der Waals surface area contributed by atoms with Crippen LogP contribution in [0.1, 0.15) is 11.5 Å². The summed E-state index contributed by atoms with van der Waals surface area (Å²) in [6, 6.07) is 4.72. The highest BCUT2D eigenvalue weighted by Crippen LogP contribution is 2.30. The van der Waals surface area contributed by atoms with E-state index in [2.05, 4.69) is 4.98 Å². The summed E-state index contributed by atoms with van der Waals surface area (Å²) in [6.07, 6.45) is -3.14. The highest BCUT2D eigenvalue weighted by atomic mass is 35.5. The summed E-state index contributed by atoms with van der Waals surface area (Å²) in [4.78, 5) is 3.49. The van der Waals surface area contributed by atoms with Crippen LogP contribution in [0, 0.1) is 0 Å². The summed E-state index contributed by atoms with van der Waals surface area (Å²) in [7, 11) is 0. The number of fused-ring (bicyclic) bond motifs is 1. The Balaban J connectivity index is 2.76.